The fourth-order valence-electron chi connectivity index (χ4n) is 1.81. The van der Waals surface area contributed by atoms with E-state index < -0.39 is 0 Å². The Morgan fingerprint density at radius 3 is 3.06 bits per heavy atom. The maximum absolute atomic E-state index is 11.7. The lowest BCUT2D eigenvalue weighted by Crippen LogP contribution is -2.35. The van der Waals surface area contributed by atoms with Crippen LogP contribution < -0.4 is 11.1 Å². The zero-order valence-corrected chi connectivity index (χ0v) is 10.9. The van der Waals surface area contributed by atoms with E-state index in [0.717, 1.165) is 16.5 Å². The first-order valence-electron chi connectivity index (χ1n) is 5.84. The lowest BCUT2D eigenvalue weighted by Gasteiger charge is -2.07. The smallest absolute Gasteiger partial charge is 0.224 e. The van der Waals surface area contributed by atoms with E-state index in [1.54, 1.807) is 0 Å². The van der Waals surface area contributed by atoms with Crippen LogP contribution >= 0.6 is 11.6 Å². The summed E-state index contributed by atoms with van der Waals surface area (Å²) < 4.78 is 0. The number of aromatic amines is 1. The van der Waals surface area contributed by atoms with E-state index >= 15 is 0 Å². The Kier molecular flexibility index (Phi) is 3.89. The fraction of sp³-hybridized carbons (Fsp3) is 0.308. The highest BCUT2D eigenvalue weighted by atomic mass is 35.5. The van der Waals surface area contributed by atoms with Crippen molar-refractivity contribution in [3.05, 3.63) is 35.0 Å². The number of rotatable bonds is 4. The van der Waals surface area contributed by atoms with Crippen LogP contribution in [-0.4, -0.2) is 23.5 Å². The van der Waals surface area contributed by atoms with Crippen molar-refractivity contribution >= 4 is 28.4 Å². The van der Waals surface area contributed by atoms with Gasteiger partial charge in [0.05, 0.1) is 6.42 Å². The van der Waals surface area contributed by atoms with Gasteiger partial charge in [0.2, 0.25) is 5.91 Å². The van der Waals surface area contributed by atoms with Crippen molar-refractivity contribution in [2.24, 2.45) is 5.73 Å². The van der Waals surface area contributed by atoms with Crippen LogP contribution in [0, 0.1) is 0 Å². The lowest BCUT2D eigenvalue weighted by atomic mass is 10.1. The molecule has 4 N–H and O–H groups in total. The molecule has 18 heavy (non-hydrogen) atoms. The number of carbonyl (C=O) groups is 1. The molecule has 0 bridgehead atoms. The predicted molar refractivity (Wildman–Crippen MR) is 73.7 cm³/mol. The molecular formula is C13H16ClN3O. The van der Waals surface area contributed by atoms with Gasteiger partial charge in [-0.15, -0.1) is 0 Å². The number of H-pyrrole nitrogens is 1. The standard InChI is InChI=1S/C13H16ClN3O/c1-8(15)6-17-13(18)4-9-7-16-12-3-2-10(14)5-11(9)12/h2-3,5,7-8,16H,4,6,15H2,1H3,(H,17,18). The summed E-state index contributed by atoms with van der Waals surface area (Å²) in [7, 11) is 0. The maximum Gasteiger partial charge on any atom is 0.224 e. The van der Waals surface area contributed by atoms with Crippen molar-refractivity contribution in [1.29, 1.82) is 0 Å². The number of halogens is 1. The number of benzene rings is 1. The molecule has 5 heteroatoms. The van der Waals surface area contributed by atoms with E-state index in [2.05, 4.69) is 10.3 Å². The van der Waals surface area contributed by atoms with E-state index in [4.69, 9.17) is 17.3 Å². The highest BCUT2D eigenvalue weighted by molar-refractivity contribution is 6.31. The number of hydrogen-bond donors (Lipinski definition) is 3. The maximum atomic E-state index is 11.7. The van der Waals surface area contributed by atoms with E-state index in [1.165, 1.54) is 0 Å². The molecule has 0 radical (unpaired) electrons. The second kappa shape index (κ2) is 5.42. The van der Waals surface area contributed by atoms with E-state index in [1.807, 2.05) is 31.3 Å². The Hall–Kier alpha value is -1.52. The van der Waals surface area contributed by atoms with Gasteiger partial charge < -0.3 is 16.0 Å². The molecule has 0 saturated heterocycles. The van der Waals surface area contributed by atoms with Gasteiger partial charge in [-0.3, -0.25) is 4.79 Å². The highest BCUT2D eigenvalue weighted by Gasteiger charge is 2.09. The number of nitrogens with one attached hydrogen (secondary N) is 2. The molecule has 2 aromatic rings. The summed E-state index contributed by atoms with van der Waals surface area (Å²) >= 11 is 5.96. The van der Waals surface area contributed by atoms with Gasteiger partial charge in [-0.1, -0.05) is 11.6 Å². The number of carbonyl (C=O) groups excluding carboxylic acids is 1. The molecular weight excluding hydrogens is 250 g/mol. The Labute approximate surface area is 111 Å². The number of hydrogen-bond acceptors (Lipinski definition) is 2. The third-order valence-electron chi connectivity index (χ3n) is 2.70. The average Bonchev–Trinajstić information content (AvgIpc) is 2.69. The zero-order valence-electron chi connectivity index (χ0n) is 10.2. The van der Waals surface area contributed by atoms with Crippen molar-refractivity contribution in [3.63, 3.8) is 0 Å². The third kappa shape index (κ3) is 3.03. The summed E-state index contributed by atoms with van der Waals surface area (Å²) in [6.45, 7) is 2.34. The van der Waals surface area contributed by atoms with Crippen LogP contribution in [0.2, 0.25) is 5.02 Å². The minimum atomic E-state index is -0.0358. The highest BCUT2D eigenvalue weighted by Crippen LogP contribution is 2.22. The third-order valence-corrected chi connectivity index (χ3v) is 2.94. The molecule has 0 aliphatic heterocycles. The van der Waals surface area contributed by atoms with Crippen LogP contribution in [0.3, 0.4) is 0 Å². The van der Waals surface area contributed by atoms with Gasteiger partial charge in [0, 0.05) is 34.7 Å². The molecule has 1 amide bonds. The first kappa shape index (κ1) is 12.9. The Morgan fingerprint density at radius 1 is 1.56 bits per heavy atom. The molecule has 0 saturated carbocycles. The normalized spacial score (nSPS) is 12.6. The second-order valence-electron chi connectivity index (χ2n) is 4.46. The van der Waals surface area contributed by atoms with Gasteiger partial charge in [0.25, 0.3) is 0 Å². The number of fused-ring (bicyclic) bond motifs is 1. The molecule has 1 heterocycles. The number of amides is 1. The second-order valence-corrected chi connectivity index (χ2v) is 4.90. The molecule has 2 rings (SSSR count). The van der Waals surface area contributed by atoms with Gasteiger partial charge in [-0.25, -0.2) is 0 Å². The van der Waals surface area contributed by atoms with Crippen LogP contribution in [0.5, 0.6) is 0 Å². The topological polar surface area (TPSA) is 70.9 Å². The summed E-state index contributed by atoms with van der Waals surface area (Å²) in [5.41, 5.74) is 7.51. The van der Waals surface area contributed by atoms with Crippen LogP contribution in [0.4, 0.5) is 0 Å². The minimum absolute atomic E-state index is 0.0341. The van der Waals surface area contributed by atoms with Crippen molar-refractivity contribution in [2.75, 3.05) is 6.54 Å². The van der Waals surface area contributed by atoms with Crippen LogP contribution in [-0.2, 0) is 11.2 Å². The van der Waals surface area contributed by atoms with Gasteiger partial charge in [0.15, 0.2) is 0 Å². The van der Waals surface area contributed by atoms with Gasteiger partial charge in [0.1, 0.15) is 0 Å². The Morgan fingerprint density at radius 2 is 2.33 bits per heavy atom. The van der Waals surface area contributed by atoms with Crippen LogP contribution in [0.1, 0.15) is 12.5 Å². The Bertz CT molecular complexity index is 562. The van der Waals surface area contributed by atoms with Gasteiger partial charge in [-0.05, 0) is 30.7 Å². The van der Waals surface area contributed by atoms with Gasteiger partial charge in [-0.2, -0.15) is 0 Å². The molecule has 0 spiro atoms. The molecule has 1 aromatic heterocycles. The minimum Gasteiger partial charge on any atom is -0.361 e. The molecule has 0 aliphatic carbocycles. The summed E-state index contributed by atoms with van der Waals surface area (Å²) in [4.78, 5) is 14.9. The zero-order chi connectivity index (χ0) is 13.1. The van der Waals surface area contributed by atoms with Crippen molar-refractivity contribution in [3.8, 4) is 0 Å². The molecule has 4 nitrogen and oxygen atoms in total. The van der Waals surface area contributed by atoms with Crippen molar-refractivity contribution in [2.45, 2.75) is 19.4 Å². The summed E-state index contributed by atoms with van der Waals surface area (Å²) in [5, 5.41) is 4.44. The average molecular weight is 266 g/mol. The first-order valence-corrected chi connectivity index (χ1v) is 6.22. The summed E-state index contributed by atoms with van der Waals surface area (Å²) in [5.74, 6) is -0.0341. The summed E-state index contributed by atoms with van der Waals surface area (Å²) in [6.07, 6.45) is 2.17. The largest absolute Gasteiger partial charge is 0.361 e. The monoisotopic (exact) mass is 265 g/mol. The van der Waals surface area contributed by atoms with Gasteiger partial charge >= 0.3 is 0 Å². The summed E-state index contributed by atoms with van der Waals surface area (Å²) in [6, 6.07) is 5.55. The van der Waals surface area contributed by atoms with Crippen LogP contribution in [0.25, 0.3) is 10.9 Å². The molecule has 1 unspecified atom stereocenters. The van der Waals surface area contributed by atoms with Crippen molar-refractivity contribution in [1.82, 2.24) is 10.3 Å². The fourth-order valence-corrected chi connectivity index (χ4v) is 1.98. The first-order chi connectivity index (χ1) is 8.56. The van der Waals surface area contributed by atoms with Crippen LogP contribution in [0.15, 0.2) is 24.4 Å². The number of aromatic nitrogens is 1. The molecule has 0 fully saturated rings. The Balaban J connectivity index is 2.12. The SMILES string of the molecule is CC(N)CNC(=O)Cc1c[nH]c2ccc(Cl)cc12. The van der Waals surface area contributed by atoms with E-state index in [-0.39, 0.29) is 11.9 Å². The molecule has 1 atom stereocenters. The van der Waals surface area contributed by atoms with Crippen molar-refractivity contribution < 1.29 is 4.79 Å². The van der Waals surface area contributed by atoms with E-state index in [9.17, 15) is 4.79 Å². The molecule has 96 valence electrons. The number of nitrogens with two attached hydrogens (primary N) is 1. The van der Waals surface area contributed by atoms with E-state index in [0.29, 0.717) is 18.0 Å². The predicted octanol–water partition coefficient (Wildman–Crippen LogP) is 1.83. The molecule has 1 aromatic carbocycles. The molecule has 0 aliphatic rings. The lowest BCUT2D eigenvalue weighted by molar-refractivity contribution is -0.120. The quantitative estimate of drug-likeness (QED) is 0.789.